The topological polar surface area (TPSA) is 82.5 Å². The van der Waals surface area contributed by atoms with E-state index in [1.165, 1.54) is 12.1 Å². The maximum atomic E-state index is 12.6. The van der Waals surface area contributed by atoms with Crippen molar-refractivity contribution in [1.29, 1.82) is 0 Å². The van der Waals surface area contributed by atoms with Crippen LogP contribution in [0.15, 0.2) is 29.3 Å². The molecule has 0 unspecified atom stereocenters. The molecule has 0 saturated heterocycles. The predicted molar refractivity (Wildman–Crippen MR) is 84.1 cm³/mol. The molecule has 1 aromatic heterocycles. The number of ether oxygens (including phenoxy) is 2. The van der Waals surface area contributed by atoms with Crippen LogP contribution in [0.1, 0.15) is 24.2 Å². The zero-order valence-corrected chi connectivity index (χ0v) is 14.1. The molecule has 1 atom stereocenters. The van der Waals surface area contributed by atoms with E-state index in [1.807, 2.05) is 14.0 Å². The second-order valence-electron chi connectivity index (χ2n) is 5.46. The molecule has 1 aromatic carbocycles. The van der Waals surface area contributed by atoms with Gasteiger partial charge in [0, 0.05) is 30.4 Å². The zero-order chi connectivity index (χ0) is 16.6. The van der Waals surface area contributed by atoms with Crippen LogP contribution in [0.4, 0.5) is 0 Å². The van der Waals surface area contributed by atoms with E-state index in [4.69, 9.17) is 9.47 Å². The first-order chi connectivity index (χ1) is 10.9. The second kappa shape index (κ2) is 5.86. The highest BCUT2D eigenvalue weighted by Crippen LogP contribution is 2.32. The second-order valence-corrected chi connectivity index (χ2v) is 7.17. The van der Waals surface area contributed by atoms with Gasteiger partial charge < -0.3 is 9.47 Å². The smallest absolute Gasteiger partial charge is 0.241 e. The van der Waals surface area contributed by atoms with Crippen LogP contribution < -0.4 is 14.2 Å². The quantitative estimate of drug-likeness (QED) is 0.915. The zero-order valence-electron chi connectivity index (χ0n) is 13.2. The first-order valence-corrected chi connectivity index (χ1v) is 8.77. The van der Waals surface area contributed by atoms with Crippen LogP contribution in [0.2, 0.25) is 0 Å². The summed E-state index contributed by atoms with van der Waals surface area (Å²) in [5, 5.41) is 4.14. The van der Waals surface area contributed by atoms with Crippen LogP contribution in [0, 0.1) is 6.92 Å². The monoisotopic (exact) mass is 337 g/mol. The number of aryl methyl sites for hydroxylation is 1. The number of sulfonamides is 1. The molecule has 0 saturated carbocycles. The molecular weight excluding hydrogens is 318 g/mol. The van der Waals surface area contributed by atoms with Crippen molar-refractivity contribution in [2.45, 2.75) is 24.8 Å². The van der Waals surface area contributed by atoms with Gasteiger partial charge in [-0.1, -0.05) is 0 Å². The maximum absolute atomic E-state index is 12.6. The molecule has 3 rings (SSSR count). The fourth-order valence-electron chi connectivity index (χ4n) is 2.50. The highest BCUT2D eigenvalue weighted by atomic mass is 32.2. The minimum atomic E-state index is -3.67. The Hall–Kier alpha value is -2.06. The molecule has 0 radical (unpaired) electrons. The summed E-state index contributed by atoms with van der Waals surface area (Å²) in [4.78, 5) is 0.148. The van der Waals surface area contributed by atoms with Gasteiger partial charge in [0.2, 0.25) is 10.0 Å². The molecule has 0 bridgehead atoms. The highest BCUT2D eigenvalue weighted by molar-refractivity contribution is 7.89. The molecule has 1 N–H and O–H groups in total. The number of hydrogen-bond donors (Lipinski definition) is 1. The standard InChI is InChI=1S/C15H19N3O4S/c1-10(13-9-16-18(3)11(13)2)17-23(19,20)12-4-5-14-15(8-12)22-7-6-21-14/h4-5,8-10,17H,6-7H2,1-3H3/t10-/m0/s1. The van der Waals surface area contributed by atoms with Gasteiger partial charge in [-0.2, -0.15) is 5.10 Å². The minimum Gasteiger partial charge on any atom is -0.486 e. The van der Waals surface area contributed by atoms with Gasteiger partial charge in [0.1, 0.15) is 13.2 Å². The molecule has 0 fully saturated rings. The normalized spacial score (nSPS) is 15.4. The summed E-state index contributed by atoms with van der Waals surface area (Å²) in [5.41, 5.74) is 1.76. The van der Waals surface area contributed by atoms with Gasteiger partial charge in [0.05, 0.1) is 11.1 Å². The molecule has 23 heavy (non-hydrogen) atoms. The predicted octanol–water partition coefficient (Wildman–Crippen LogP) is 1.54. The van der Waals surface area contributed by atoms with E-state index in [0.717, 1.165) is 11.3 Å². The Kier molecular flexibility index (Phi) is 4.03. The number of nitrogens with zero attached hydrogens (tertiary/aromatic N) is 2. The summed E-state index contributed by atoms with van der Waals surface area (Å²) < 4.78 is 40.4. The summed E-state index contributed by atoms with van der Waals surface area (Å²) in [6.45, 7) is 4.57. The van der Waals surface area contributed by atoms with E-state index in [2.05, 4.69) is 9.82 Å². The molecule has 1 aliphatic rings. The fraction of sp³-hybridized carbons (Fsp3) is 0.400. The average molecular weight is 337 g/mol. The number of nitrogens with one attached hydrogen (secondary N) is 1. The summed E-state index contributed by atoms with van der Waals surface area (Å²) in [6.07, 6.45) is 1.67. The van der Waals surface area contributed by atoms with Crippen LogP contribution in [0.25, 0.3) is 0 Å². The lowest BCUT2D eigenvalue weighted by atomic mass is 10.1. The van der Waals surface area contributed by atoms with Crippen molar-refractivity contribution in [3.63, 3.8) is 0 Å². The Labute approximate surface area is 135 Å². The number of benzene rings is 1. The first kappa shape index (κ1) is 15.8. The molecular formula is C15H19N3O4S. The average Bonchev–Trinajstić information content (AvgIpc) is 2.86. The molecule has 2 heterocycles. The van der Waals surface area contributed by atoms with Crippen molar-refractivity contribution in [2.75, 3.05) is 13.2 Å². The van der Waals surface area contributed by atoms with Crippen LogP contribution in [0.3, 0.4) is 0 Å². The van der Waals surface area contributed by atoms with E-state index in [1.54, 1.807) is 23.9 Å². The van der Waals surface area contributed by atoms with Gasteiger partial charge in [-0.25, -0.2) is 13.1 Å². The number of hydrogen-bond acceptors (Lipinski definition) is 5. The summed E-state index contributed by atoms with van der Waals surface area (Å²) in [7, 11) is -1.85. The Bertz CT molecular complexity index is 829. The first-order valence-electron chi connectivity index (χ1n) is 7.29. The van der Waals surface area contributed by atoms with E-state index in [0.29, 0.717) is 24.7 Å². The third kappa shape index (κ3) is 3.04. The molecule has 0 spiro atoms. The van der Waals surface area contributed by atoms with Gasteiger partial charge in [0.15, 0.2) is 11.5 Å². The van der Waals surface area contributed by atoms with Crippen molar-refractivity contribution >= 4 is 10.0 Å². The van der Waals surface area contributed by atoms with Crippen LogP contribution >= 0.6 is 0 Å². The Balaban J connectivity index is 1.85. The lowest BCUT2D eigenvalue weighted by Crippen LogP contribution is -2.27. The summed E-state index contributed by atoms with van der Waals surface area (Å²) in [5.74, 6) is 1.01. The SMILES string of the molecule is Cc1c([C@H](C)NS(=O)(=O)c2ccc3c(c2)OCCO3)cnn1C. The van der Waals surface area contributed by atoms with Crippen molar-refractivity contribution in [1.82, 2.24) is 14.5 Å². The van der Waals surface area contributed by atoms with E-state index in [-0.39, 0.29) is 10.9 Å². The van der Waals surface area contributed by atoms with Crippen molar-refractivity contribution in [3.05, 3.63) is 35.7 Å². The molecule has 124 valence electrons. The fourth-order valence-corrected chi connectivity index (χ4v) is 3.73. The molecule has 2 aromatic rings. The third-order valence-electron chi connectivity index (χ3n) is 3.90. The Morgan fingerprint density at radius 1 is 1.26 bits per heavy atom. The Morgan fingerprint density at radius 2 is 1.96 bits per heavy atom. The lowest BCUT2D eigenvalue weighted by Gasteiger charge is -2.19. The molecule has 8 heteroatoms. The van der Waals surface area contributed by atoms with Gasteiger partial charge >= 0.3 is 0 Å². The lowest BCUT2D eigenvalue weighted by molar-refractivity contribution is 0.171. The van der Waals surface area contributed by atoms with Crippen LogP contribution in [-0.2, 0) is 17.1 Å². The van der Waals surface area contributed by atoms with Crippen molar-refractivity contribution in [2.24, 2.45) is 7.05 Å². The largest absolute Gasteiger partial charge is 0.486 e. The van der Waals surface area contributed by atoms with Gasteiger partial charge in [-0.05, 0) is 26.0 Å². The Morgan fingerprint density at radius 3 is 2.61 bits per heavy atom. The van der Waals surface area contributed by atoms with Crippen molar-refractivity contribution < 1.29 is 17.9 Å². The van der Waals surface area contributed by atoms with Crippen molar-refractivity contribution in [3.8, 4) is 11.5 Å². The number of rotatable bonds is 4. The van der Waals surface area contributed by atoms with E-state index in [9.17, 15) is 8.42 Å². The molecule has 0 amide bonds. The van der Waals surface area contributed by atoms with Crippen LogP contribution in [0.5, 0.6) is 11.5 Å². The number of aromatic nitrogens is 2. The number of fused-ring (bicyclic) bond motifs is 1. The maximum Gasteiger partial charge on any atom is 0.241 e. The molecule has 0 aliphatic carbocycles. The van der Waals surface area contributed by atoms with E-state index < -0.39 is 10.0 Å². The van der Waals surface area contributed by atoms with E-state index >= 15 is 0 Å². The van der Waals surface area contributed by atoms with Gasteiger partial charge in [-0.3, -0.25) is 4.68 Å². The third-order valence-corrected chi connectivity index (χ3v) is 5.43. The van der Waals surface area contributed by atoms with Gasteiger partial charge in [0.25, 0.3) is 0 Å². The molecule has 1 aliphatic heterocycles. The highest BCUT2D eigenvalue weighted by Gasteiger charge is 2.23. The van der Waals surface area contributed by atoms with Crippen LogP contribution in [-0.4, -0.2) is 31.4 Å². The minimum absolute atomic E-state index is 0.148. The molecule has 7 nitrogen and oxygen atoms in total. The van der Waals surface area contributed by atoms with Gasteiger partial charge in [-0.15, -0.1) is 0 Å². The summed E-state index contributed by atoms with van der Waals surface area (Å²) in [6, 6.07) is 4.23. The summed E-state index contributed by atoms with van der Waals surface area (Å²) >= 11 is 0.